The Balaban J connectivity index is 1.47. The molecule has 4 aromatic carbocycles. The van der Waals surface area contributed by atoms with E-state index >= 15 is 0 Å². The Morgan fingerprint density at radius 1 is 0.684 bits per heavy atom. The quantitative estimate of drug-likeness (QED) is 0.0450. The summed E-state index contributed by atoms with van der Waals surface area (Å²) in [6, 6.07) is 9.77. The number of anilines is 5. The molecule has 0 amide bonds. The SMILES string of the molecule is Nc1c(/N=N/c2cc(Nc3nc(Cl)nc(Nc4ccc(S(=O)(=O)CCOS(=O)(=O)O)cc4)n3)ccc2S(=O)(=O)O)c(S(=O)(=O)O)cc2cc(S(=O)(=O)O)cc(O)c12. The summed E-state index contributed by atoms with van der Waals surface area (Å²) in [5.41, 5.74) is 3.98. The van der Waals surface area contributed by atoms with Crippen LogP contribution in [0.2, 0.25) is 5.28 Å². The molecule has 0 atom stereocenters. The average Bonchev–Trinajstić information content (AvgIpc) is 3.05. The summed E-state index contributed by atoms with van der Waals surface area (Å²) in [5.74, 6) is -2.15. The number of phenolic OH excluding ortho intramolecular Hbond substituents is 1. The highest BCUT2D eigenvalue weighted by molar-refractivity contribution is 7.91. The molecule has 30 heteroatoms. The molecule has 57 heavy (non-hydrogen) atoms. The fourth-order valence-corrected chi connectivity index (χ4v) is 8.23. The lowest BCUT2D eigenvalue weighted by molar-refractivity contribution is 0.284. The number of nitrogens with two attached hydrogens (primary N) is 1. The lowest BCUT2D eigenvalue weighted by atomic mass is 10.1. The first-order valence-corrected chi connectivity index (χ1v) is 22.4. The number of nitrogen functional groups attached to an aromatic ring is 1. The minimum atomic E-state index is -5.25. The van der Waals surface area contributed by atoms with Crippen LogP contribution in [0.1, 0.15) is 0 Å². The first-order chi connectivity index (χ1) is 26.2. The number of benzene rings is 4. The van der Waals surface area contributed by atoms with Crippen molar-refractivity contribution in [1.82, 2.24) is 15.0 Å². The van der Waals surface area contributed by atoms with Gasteiger partial charge in [0, 0.05) is 22.8 Å². The van der Waals surface area contributed by atoms with Gasteiger partial charge in [0.15, 0.2) is 9.84 Å². The van der Waals surface area contributed by atoms with E-state index in [0.717, 1.165) is 36.4 Å². The first kappa shape index (κ1) is 42.9. The molecule has 1 heterocycles. The molecule has 304 valence electrons. The third-order valence-electron chi connectivity index (χ3n) is 7.15. The monoisotopic (exact) mass is 910 g/mol. The lowest BCUT2D eigenvalue weighted by Crippen LogP contribution is -2.15. The number of azo groups is 1. The average molecular weight is 911 g/mol. The number of nitrogens with one attached hydrogen (secondary N) is 2. The molecule has 0 aliphatic carbocycles. The van der Waals surface area contributed by atoms with Gasteiger partial charge in [0.2, 0.25) is 17.2 Å². The summed E-state index contributed by atoms with van der Waals surface area (Å²) >= 11 is 6.05. The van der Waals surface area contributed by atoms with Gasteiger partial charge in [-0.1, -0.05) is 0 Å². The third-order valence-corrected chi connectivity index (χ3v) is 12.1. The van der Waals surface area contributed by atoms with Crippen molar-refractivity contribution in [2.45, 2.75) is 19.6 Å². The summed E-state index contributed by atoms with van der Waals surface area (Å²) in [5, 5.41) is 22.1. The number of halogens is 1. The molecular formula is C27H23ClN8O16S5. The standard InChI is InChI=1S/C27H23ClN8O16S5/c28-25-32-26(30-14-1-4-16(5-2-14)53(38,39)8-7-52-57(49,50)51)34-27(33-25)31-15-3-6-20(55(43,44)45)18(11-15)35-36-24-21(56(46,47)48)10-13-9-17(54(40,41)42)12-19(37)22(13)23(24)29/h1-6,9-12,37H,7-8,29H2,(H,40,41,42)(H,43,44,45)(H,46,47,48)(H,49,50,51)(H2,30,31,32,33,34)/b36-35+. The van der Waals surface area contributed by atoms with Crippen LogP contribution in [0.5, 0.6) is 5.75 Å². The fraction of sp³-hybridized carbons (Fsp3) is 0.0741. The molecule has 0 fully saturated rings. The maximum absolute atomic E-state index is 12.5. The Morgan fingerprint density at radius 3 is 1.82 bits per heavy atom. The van der Waals surface area contributed by atoms with E-state index < -0.39 is 111 Å². The summed E-state index contributed by atoms with van der Waals surface area (Å²) < 4.78 is 161. The molecule has 5 aromatic rings. The van der Waals surface area contributed by atoms with Gasteiger partial charge in [-0.3, -0.25) is 18.2 Å². The minimum absolute atomic E-state index is 0.0611. The Bertz CT molecular complexity index is 3040. The van der Waals surface area contributed by atoms with Gasteiger partial charge < -0.3 is 21.5 Å². The Kier molecular flexibility index (Phi) is 11.8. The van der Waals surface area contributed by atoms with Crippen molar-refractivity contribution in [3.63, 3.8) is 0 Å². The van der Waals surface area contributed by atoms with E-state index in [-0.39, 0.29) is 33.5 Å². The second-order valence-corrected chi connectivity index (χ2v) is 18.8. The van der Waals surface area contributed by atoms with Crippen molar-refractivity contribution < 1.29 is 69.6 Å². The van der Waals surface area contributed by atoms with Gasteiger partial charge in [-0.05, 0) is 71.6 Å². The van der Waals surface area contributed by atoms with Crippen molar-refractivity contribution in [2.75, 3.05) is 28.7 Å². The van der Waals surface area contributed by atoms with Gasteiger partial charge in [0.05, 0.1) is 27.8 Å². The predicted molar refractivity (Wildman–Crippen MR) is 197 cm³/mol. The molecule has 0 saturated heterocycles. The van der Waals surface area contributed by atoms with Crippen LogP contribution in [0, 0.1) is 0 Å². The molecule has 0 spiro atoms. The molecule has 0 aliphatic heterocycles. The van der Waals surface area contributed by atoms with Gasteiger partial charge in [-0.15, -0.1) is 10.2 Å². The maximum Gasteiger partial charge on any atom is 0.397 e. The highest BCUT2D eigenvalue weighted by Gasteiger charge is 2.25. The van der Waals surface area contributed by atoms with E-state index in [9.17, 15) is 60.9 Å². The number of fused-ring (bicyclic) bond motifs is 1. The molecule has 1 aromatic heterocycles. The van der Waals surface area contributed by atoms with Crippen LogP contribution < -0.4 is 16.4 Å². The Labute approximate surface area is 326 Å². The maximum atomic E-state index is 12.5. The molecule has 0 unspecified atom stereocenters. The van der Waals surface area contributed by atoms with Gasteiger partial charge >= 0.3 is 10.4 Å². The zero-order chi connectivity index (χ0) is 42.3. The highest BCUT2D eigenvalue weighted by atomic mass is 35.5. The van der Waals surface area contributed by atoms with E-state index in [1.165, 1.54) is 12.1 Å². The number of sulfone groups is 1. The predicted octanol–water partition coefficient (Wildman–Crippen LogP) is 3.20. The summed E-state index contributed by atoms with van der Waals surface area (Å²) in [7, 11) is -24.1. The lowest BCUT2D eigenvalue weighted by Gasteiger charge is -2.12. The van der Waals surface area contributed by atoms with Crippen LogP contribution in [0.25, 0.3) is 10.8 Å². The topological polar surface area (TPSA) is 395 Å². The molecule has 24 nitrogen and oxygen atoms in total. The number of hydrogen-bond acceptors (Lipinski definition) is 20. The van der Waals surface area contributed by atoms with Crippen molar-refractivity contribution in [1.29, 1.82) is 0 Å². The molecule has 0 saturated carbocycles. The minimum Gasteiger partial charge on any atom is -0.507 e. The second-order valence-electron chi connectivity index (χ2n) is 11.1. The zero-order valence-electron chi connectivity index (χ0n) is 27.6. The molecule has 0 aliphatic rings. The van der Waals surface area contributed by atoms with Gasteiger partial charge in [-0.25, -0.2) is 12.6 Å². The van der Waals surface area contributed by atoms with Crippen LogP contribution in [-0.2, 0) is 54.8 Å². The third kappa shape index (κ3) is 10.6. The molecule has 0 radical (unpaired) electrons. The zero-order valence-corrected chi connectivity index (χ0v) is 32.5. The number of nitrogens with zero attached hydrogens (tertiary/aromatic N) is 5. The van der Waals surface area contributed by atoms with Crippen LogP contribution in [0.3, 0.4) is 0 Å². The number of aromatic nitrogens is 3. The van der Waals surface area contributed by atoms with E-state index in [0.29, 0.717) is 12.1 Å². The molecule has 5 rings (SSSR count). The number of rotatable bonds is 14. The van der Waals surface area contributed by atoms with Crippen LogP contribution >= 0.6 is 11.6 Å². The highest BCUT2D eigenvalue weighted by Crippen LogP contribution is 2.43. The van der Waals surface area contributed by atoms with Crippen molar-refractivity contribution >= 4 is 113 Å². The molecule has 9 N–H and O–H groups in total. The first-order valence-electron chi connectivity index (χ1n) is 14.7. The Morgan fingerprint density at radius 2 is 1.26 bits per heavy atom. The van der Waals surface area contributed by atoms with E-state index in [1.54, 1.807) is 0 Å². The molecule has 0 bridgehead atoms. The Hall–Kier alpha value is -5.21. The van der Waals surface area contributed by atoms with Crippen LogP contribution in [-0.4, -0.2) is 92.7 Å². The summed E-state index contributed by atoms with van der Waals surface area (Å²) in [6.07, 6.45) is 0. The van der Waals surface area contributed by atoms with Crippen LogP contribution in [0.15, 0.2) is 90.5 Å². The largest absolute Gasteiger partial charge is 0.507 e. The van der Waals surface area contributed by atoms with Crippen molar-refractivity contribution in [3.05, 3.63) is 65.9 Å². The molecular weight excluding hydrogens is 888 g/mol. The van der Waals surface area contributed by atoms with E-state index in [2.05, 4.69) is 40.0 Å². The van der Waals surface area contributed by atoms with Gasteiger partial charge in [0.25, 0.3) is 30.4 Å². The van der Waals surface area contributed by atoms with Gasteiger partial charge in [-0.2, -0.15) is 48.6 Å². The number of phenols is 1. The normalized spacial score (nSPS) is 12.9. The van der Waals surface area contributed by atoms with E-state index in [4.69, 9.17) is 21.9 Å². The summed E-state index contributed by atoms with van der Waals surface area (Å²) in [6.45, 7) is -0.840. The van der Waals surface area contributed by atoms with Crippen molar-refractivity contribution in [3.8, 4) is 5.75 Å². The second kappa shape index (κ2) is 15.6. The van der Waals surface area contributed by atoms with E-state index in [1.807, 2.05) is 0 Å². The fourth-order valence-electron chi connectivity index (χ4n) is 4.77. The number of aromatic hydroxyl groups is 1. The smallest absolute Gasteiger partial charge is 0.397 e. The number of hydrogen-bond donors (Lipinski definition) is 8. The van der Waals surface area contributed by atoms with Crippen LogP contribution in [0.4, 0.5) is 40.3 Å². The van der Waals surface area contributed by atoms with Crippen molar-refractivity contribution in [2.24, 2.45) is 10.2 Å². The summed E-state index contributed by atoms with van der Waals surface area (Å²) in [4.78, 5) is 8.85. The van der Waals surface area contributed by atoms with Gasteiger partial charge in [0.1, 0.15) is 26.9 Å².